The van der Waals surface area contributed by atoms with Gasteiger partial charge in [0, 0.05) is 25.5 Å². The molecule has 1 N–H and O–H groups in total. The van der Waals surface area contributed by atoms with Crippen molar-refractivity contribution in [2.45, 2.75) is 18.9 Å². The normalized spacial score (nSPS) is 20.6. The van der Waals surface area contributed by atoms with Crippen LogP contribution in [0.15, 0.2) is 18.5 Å². The summed E-state index contributed by atoms with van der Waals surface area (Å²) < 4.78 is 5.57. The molecule has 0 radical (unpaired) electrons. The van der Waals surface area contributed by atoms with Gasteiger partial charge in [-0.1, -0.05) is 11.6 Å². The Morgan fingerprint density at radius 1 is 1.59 bits per heavy atom. The van der Waals surface area contributed by atoms with Crippen LogP contribution in [0, 0.1) is 0 Å². The topological polar surface area (TPSA) is 45.6 Å². The number of aliphatic hydroxyl groups excluding tert-OH is 1. The standard InChI is InChI=1S/C12H17ClN2O2/c13-11-8-14-4-3-12(11)15-5-1-2-10(9-15)17-7-6-16/h3-4,8,10,16H,1-2,5-7,9H2. The van der Waals surface area contributed by atoms with Gasteiger partial charge in [0.25, 0.3) is 0 Å². The van der Waals surface area contributed by atoms with Gasteiger partial charge >= 0.3 is 0 Å². The third-order valence-electron chi connectivity index (χ3n) is 2.91. The van der Waals surface area contributed by atoms with E-state index in [2.05, 4.69) is 9.88 Å². The van der Waals surface area contributed by atoms with E-state index in [1.807, 2.05) is 6.07 Å². The van der Waals surface area contributed by atoms with E-state index in [9.17, 15) is 0 Å². The molecule has 94 valence electrons. The van der Waals surface area contributed by atoms with Crippen molar-refractivity contribution < 1.29 is 9.84 Å². The zero-order valence-corrected chi connectivity index (χ0v) is 10.4. The molecule has 1 unspecified atom stereocenters. The van der Waals surface area contributed by atoms with E-state index in [0.717, 1.165) is 31.6 Å². The molecule has 0 aromatic carbocycles. The van der Waals surface area contributed by atoms with Crippen LogP contribution in [0.4, 0.5) is 5.69 Å². The Hall–Kier alpha value is -0.840. The number of halogens is 1. The summed E-state index contributed by atoms with van der Waals surface area (Å²) in [5.41, 5.74) is 1.01. The van der Waals surface area contributed by atoms with Crippen LogP contribution in [0.2, 0.25) is 5.02 Å². The minimum atomic E-state index is 0.0759. The van der Waals surface area contributed by atoms with E-state index in [1.54, 1.807) is 12.4 Å². The van der Waals surface area contributed by atoms with Crippen molar-refractivity contribution in [3.05, 3.63) is 23.5 Å². The zero-order valence-electron chi connectivity index (χ0n) is 9.68. The molecule has 17 heavy (non-hydrogen) atoms. The minimum Gasteiger partial charge on any atom is -0.394 e. The lowest BCUT2D eigenvalue weighted by Crippen LogP contribution is -2.40. The van der Waals surface area contributed by atoms with Gasteiger partial charge in [0.05, 0.1) is 30.0 Å². The van der Waals surface area contributed by atoms with Gasteiger partial charge in [0.15, 0.2) is 0 Å². The first-order valence-electron chi connectivity index (χ1n) is 5.88. The molecule has 0 bridgehead atoms. The van der Waals surface area contributed by atoms with Gasteiger partial charge in [0.1, 0.15) is 0 Å². The van der Waals surface area contributed by atoms with Crippen molar-refractivity contribution in [1.82, 2.24) is 4.98 Å². The van der Waals surface area contributed by atoms with E-state index in [0.29, 0.717) is 11.6 Å². The van der Waals surface area contributed by atoms with E-state index in [1.165, 1.54) is 0 Å². The van der Waals surface area contributed by atoms with Gasteiger partial charge in [-0.2, -0.15) is 0 Å². The number of ether oxygens (including phenoxy) is 1. The molecule has 4 nitrogen and oxygen atoms in total. The van der Waals surface area contributed by atoms with Crippen molar-refractivity contribution in [2.75, 3.05) is 31.2 Å². The number of aromatic nitrogens is 1. The van der Waals surface area contributed by atoms with E-state index in [4.69, 9.17) is 21.4 Å². The number of hydrogen-bond acceptors (Lipinski definition) is 4. The second kappa shape index (κ2) is 6.19. The molecule has 0 saturated carbocycles. The first-order chi connectivity index (χ1) is 8.31. The van der Waals surface area contributed by atoms with Gasteiger partial charge in [-0.15, -0.1) is 0 Å². The van der Waals surface area contributed by atoms with Crippen LogP contribution < -0.4 is 4.90 Å². The molecule has 1 aromatic rings. The molecular weight excluding hydrogens is 240 g/mol. The highest BCUT2D eigenvalue weighted by atomic mass is 35.5. The van der Waals surface area contributed by atoms with Gasteiger partial charge in [-0.25, -0.2) is 0 Å². The highest BCUT2D eigenvalue weighted by molar-refractivity contribution is 6.33. The number of rotatable bonds is 4. The molecule has 0 aliphatic carbocycles. The summed E-state index contributed by atoms with van der Waals surface area (Å²) >= 11 is 6.12. The van der Waals surface area contributed by atoms with Gasteiger partial charge in [-0.3, -0.25) is 4.98 Å². The lowest BCUT2D eigenvalue weighted by Gasteiger charge is -2.34. The summed E-state index contributed by atoms with van der Waals surface area (Å²) in [5, 5.41) is 9.43. The molecule has 0 amide bonds. The number of aliphatic hydroxyl groups is 1. The fourth-order valence-corrected chi connectivity index (χ4v) is 2.38. The average Bonchev–Trinajstić information content (AvgIpc) is 2.37. The van der Waals surface area contributed by atoms with E-state index < -0.39 is 0 Å². The molecule has 0 spiro atoms. The van der Waals surface area contributed by atoms with E-state index >= 15 is 0 Å². The summed E-state index contributed by atoms with van der Waals surface area (Å²) in [7, 11) is 0. The number of hydrogen-bond donors (Lipinski definition) is 1. The van der Waals surface area contributed by atoms with Crippen LogP contribution in [0.25, 0.3) is 0 Å². The first-order valence-corrected chi connectivity index (χ1v) is 6.26. The summed E-state index contributed by atoms with van der Waals surface area (Å²) in [6, 6.07) is 1.93. The Bertz CT molecular complexity index is 362. The fraction of sp³-hybridized carbons (Fsp3) is 0.583. The van der Waals surface area contributed by atoms with Crippen LogP contribution in [0.5, 0.6) is 0 Å². The van der Waals surface area contributed by atoms with Crippen molar-refractivity contribution in [1.29, 1.82) is 0 Å². The number of piperidine rings is 1. The molecule has 1 fully saturated rings. The molecular formula is C12H17ClN2O2. The Balaban J connectivity index is 1.99. The predicted octanol–water partition coefficient (Wildman–Crippen LogP) is 1.71. The molecule has 5 heteroatoms. The second-order valence-corrected chi connectivity index (χ2v) is 4.54. The maximum atomic E-state index is 8.76. The number of anilines is 1. The minimum absolute atomic E-state index is 0.0759. The maximum Gasteiger partial charge on any atom is 0.0822 e. The SMILES string of the molecule is OCCOC1CCCN(c2ccncc2Cl)C1. The van der Waals surface area contributed by atoms with Crippen molar-refractivity contribution >= 4 is 17.3 Å². The molecule has 2 rings (SSSR count). The summed E-state index contributed by atoms with van der Waals surface area (Å²) in [6.45, 7) is 2.29. The molecule has 1 aromatic heterocycles. The second-order valence-electron chi connectivity index (χ2n) is 4.13. The maximum absolute atomic E-state index is 8.76. The quantitative estimate of drug-likeness (QED) is 0.891. The average molecular weight is 257 g/mol. The lowest BCUT2D eigenvalue weighted by molar-refractivity contribution is 0.0214. The summed E-state index contributed by atoms with van der Waals surface area (Å²) in [4.78, 5) is 6.20. The summed E-state index contributed by atoms with van der Waals surface area (Å²) in [6.07, 6.45) is 5.71. The predicted molar refractivity (Wildman–Crippen MR) is 67.5 cm³/mol. The molecule has 1 saturated heterocycles. The number of nitrogens with zero attached hydrogens (tertiary/aromatic N) is 2. The summed E-state index contributed by atoms with van der Waals surface area (Å²) in [5.74, 6) is 0. The highest BCUT2D eigenvalue weighted by Crippen LogP contribution is 2.27. The Morgan fingerprint density at radius 3 is 3.24 bits per heavy atom. The Kier molecular flexibility index (Phi) is 4.59. The van der Waals surface area contributed by atoms with Gasteiger partial charge < -0.3 is 14.7 Å². The first kappa shape index (κ1) is 12.6. The smallest absolute Gasteiger partial charge is 0.0822 e. The van der Waals surface area contributed by atoms with Crippen LogP contribution in [-0.4, -0.2) is 42.5 Å². The monoisotopic (exact) mass is 256 g/mol. The van der Waals surface area contributed by atoms with Crippen LogP contribution in [0.1, 0.15) is 12.8 Å². The van der Waals surface area contributed by atoms with Crippen LogP contribution >= 0.6 is 11.6 Å². The van der Waals surface area contributed by atoms with E-state index in [-0.39, 0.29) is 12.7 Å². The molecule has 1 aliphatic rings. The number of pyridine rings is 1. The van der Waals surface area contributed by atoms with Gasteiger partial charge in [-0.05, 0) is 18.9 Å². The van der Waals surface area contributed by atoms with Crippen molar-refractivity contribution in [2.24, 2.45) is 0 Å². The lowest BCUT2D eigenvalue weighted by atomic mass is 10.1. The Labute approximate surface area is 106 Å². The van der Waals surface area contributed by atoms with Crippen LogP contribution in [-0.2, 0) is 4.74 Å². The Morgan fingerprint density at radius 2 is 2.47 bits per heavy atom. The molecule has 2 heterocycles. The van der Waals surface area contributed by atoms with Crippen molar-refractivity contribution in [3.63, 3.8) is 0 Å². The van der Waals surface area contributed by atoms with Crippen LogP contribution in [0.3, 0.4) is 0 Å². The fourth-order valence-electron chi connectivity index (χ4n) is 2.14. The zero-order chi connectivity index (χ0) is 12.1. The van der Waals surface area contributed by atoms with Crippen molar-refractivity contribution in [3.8, 4) is 0 Å². The highest BCUT2D eigenvalue weighted by Gasteiger charge is 2.21. The molecule has 1 atom stereocenters. The third kappa shape index (κ3) is 3.31. The largest absolute Gasteiger partial charge is 0.394 e. The molecule has 1 aliphatic heterocycles. The third-order valence-corrected chi connectivity index (χ3v) is 3.21. The van der Waals surface area contributed by atoms with Gasteiger partial charge in [0.2, 0.25) is 0 Å².